The fourth-order valence-corrected chi connectivity index (χ4v) is 2.90. The smallest absolute Gasteiger partial charge is 0.164 e. The van der Waals surface area contributed by atoms with E-state index >= 15 is 0 Å². The number of nitrogens with zero attached hydrogens (tertiary/aromatic N) is 4. The summed E-state index contributed by atoms with van der Waals surface area (Å²) in [6, 6.07) is 4.02. The van der Waals surface area contributed by atoms with Gasteiger partial charge in [0.1, 0.15) is 0 Å². The molecule has 1 fully saturated rings. The Morgan fingerprint density at radius 2 is 2.12 bits per heavy atom. The lowest BCUT2D eigenvalue weighted by atomic mass is 10.1. The van der Waals surface area contributed by atoms with Gasteiger partial charge in [-0.1, -0.05) is 0 Å². The average Bonchev–Trinajstić information content (AvgIpc) is 3.07. The summed E-state index contributed by atoms with van der Waals surface area (Å²) in [7, 11) is 0. The molecule has 7 heteroatoms. The number of ether oxygens (including phenoxy) is 1. The van der Waals surface area contributed by atoms with Gasteiger partial charge in [-0.25, -0.2) is 9.50 Å². The van der Waals surface area contributed by atoms with Crippen molar-refractivity contribution in [2.75, 3.05) is 18.5 Å². The van der Waals surface area contributed by atoms with Gasteiger partial charge in [-0.05, 0) is 25.0 Å². The number of carbonyl (C=O) groups excluding carboxylic acids is 1. The average molecular weight is 323 g/mol. The van der Waals surface area contributed by atoms with Crippen LogP contribution in [0.1, 0.15) is 23.2 Å². The van der Waals surface area contributed by atoms with Crippen LogP contribution in [-0.4, -0.2) is 45.1 Å². The monoisotopic (exact) mass is 323 g/mol. The number of aldehydes is 1. The summed E-state index contributed by atoms with van der Waals surface area (Å²) >= 11 is 0. The number of nitrogens with one attached hydrogen (secondary N) is 1. The molecule has 0 atom stereocenters. The fourth-order valence-electron chi connectivity index (χ4n) is 2.90. The molecule has 1 aliphatic heterocycles. The highest BCUT2D eigenvalue weighted by atomic mass is 16.5. The van der Waals surface area contributed by atoms with Crippen molar-refractivity contribution in [2.24, 2.45) is 0 Å². The van der Waals surface area contributed by atoms with Crippen LogP contribution in [0.5, 0.6) is 0 Å². The second kappa shape index (κ2) is 6.37. The SMILES string of the molecule is O=Cc1cnc(-c2cnn3cccnc23)cc1NC1CCOCC1. The van der Waals surface area contributed by atoms with Gasteiger partial charge in [-0.15, -0.1) is 0 Å². The summed E-state index contributed by atoms with van der Waals surface area (Å²) in [5, 5.41) is 7.74. The molecule has 0 radical (unpaired) electrons. The first-order chi connectivity index (χ1) is 11.8. The molecule has 0 bridgehead atoms. The Bertz CT molecular complexity index is 870. The summed E-state index contributed by atoms with van der Waals surface area (Å²) in [4.78, 5) is 20.1. The zero-order valence-electron chi connectivity index (χ0n) is 13.1. The molecule has 0 aromatic carbocycles. The highest BCUT2D eigenvalue weighted by Crippen LogP contribution is 2.26. The molecule has 24 heavy (non-hydrogen) atoms. The maximum atomic E-state index is 11.3. The van der Waals surface area contributed by atoms with Crippen molar-refractivity contribution in [3.05, 3.63) is 42.5 Å². The normalized spacial score (nSPS) is 15.5. The van der Waals surface area contributed by atoms with Crippen molar-refractivity contribution in [3.8, 4) is 11.3 Å². The molecular weight excluding hydrogens is 306 g/mol. The van der Waals surface area contributed by atoms with E-state index in [0.29, 0.717) is 11.6 Å². The Labute approximate surface area is 138 Å². The molecule has 1 N–H and O–H groups in total. The molecule has 0 unspecified atom stereocenters. The van der Waals surface area contributed by atoms with Gasteiger partial charge in [0.15, 0.2) is 11.9 Å². The number of anilines is 1. The molecule has 122 valence electrons. The van der Waals surface area contributed by atoms with E-state index in [0.717, 1.165) is 54.9 Å². The van der Waals surface area contributed by atoms with Crippen LogP contribution in [-0.2, 0) is 4.74 Å². The second-order valence-corrected chi connectivity index (χ2v) is 5.75. The van der Waals surface area contributed by atoms with E-state index in [1.54, 1.807) is 23.1 Å². The Kier molecular flexibility index (Phi) is 3.92. The lowest BCUT2D eigenvalue weighted by molar-refractivity contribution is 0.0904. The topological polar surface area (TPSA) is 81.4 Å². The van der Waals surface area contributed by atoms with Gasteiger partial charge in [0.05, 0.1) is 23.0 Å². The predicted octanol–water partition coefficient (Wildman–Crippen LogP) is 2.19. The van der Waals surface area contributed by atoms with Gasteiger partial charge in [0.25, 0.3) is 0 Å². The Morgan fingerprint density at radius 3 is 2.96 bits per heavy atom. The van der Waals surface area contributed by atoms with E-state index in [4.69, 9.17) is 4.74 Å². The van der Waals surface area contributed by atoms with Crippen LogP contribution >= 0.6 is 0 Å². The molecular formula is C17H17N5O2. The highest BCUT2D eigenvalue weighted by molar-refractivity contribution is 5.86. The van der Waals surface area contributed by atoms with Gasteiger partial charge in [0, 0.05) is 43.5 Å². The van der Waals surface area contributed by atoms with Crippen LogP contribution in [0.25, 0.3) is 16.9 Å². The van der Waals surface area contributed by atoms with Crippen molar-refractivity contribution < 1.29 is 9.53 Å². The van der Waals surface area contributed by atoms with E-state index < -0.39 is 0 Å². The minimum atomic E-state index is 0.301. The lowest BCUT2D eigenvalue weighted by Gasteiger charge is -2.24. The summed E-state index contributed by atoms with van der Waals surface area (Å²) in [6.45, 7) is 1.48. The standard InChI is InChI=1S/C17H17N5O2/c23-11-12-9-19-16(8-15(12)21-13-2-6-24-7-3-13)14-10-20-22-5-1-4-18-17(14)22/h1,4-5,8-11,13H,2-3,6-7H2,(H,19,21). The third kappa shape index (κ3) is 2.74. The van der Waals surface area contributed by atoms with Crippen LogP contribution in [0.15, 0.2) is 36.9 Å². The van der Waals surface area contributed by atoms with E-state index in [1.165, 1.54) is 0 Å². The van der Waals surface area contributed by atoms with E-state index in [-0.39, 0.29) is 0 Å². The Morgan fingerprint density at radius 1 is 1.25 bits per heavy atom. The Balaban J connectivity index is 1.71. The van der Waals surface area contributed by atoms with Gasteiger partial charge in [-0.2, -0.15) is 5.10 Å². The minimum Gasteiger partial charge on any atom is -0.381 e. The molecule has 1 saturated heterocycles. The molecule has 4 heterocycles. The molecule has 0 amide bonds. The molecule has 0 saturated carbocycles. The predicted molar refractivity (Wildman–Crippen MR) is 89.1 cm³/mol. The number of carbonyl (C=O) groups is 1. The van der Waals surface area contributed by atoms with Crippen LogP contribution in [0.2, 0.25) is 0 Å². The number of pyridine rings is 1. The van der Waals surface area contributed by atoms with Crippen LogP contribution in [0.3, 0.4) is 0 Å². The summed E-state index contributed by atoms with van der Waals surface area (Å²) in [6.07, 6.45) is 9.57. The van der Waals surface area contributed by atoms with Gasteiger partial charge < -0.3 is 10.1 Å². The molecule has 4 rings (SSSR count). The van der Waals surface area contributed by atoms with Gasteiger partial charge >= 0.3 is 0 Å². The van der Waals surface area contributed by atoms with E-state index in [1.807, 2.05) is 18.3 Å². The van der Waals surface area contributed by atoms with Crippen LogP contribution in [0, 0.1) is 0 Å². The maximum Gasteiger partial charge on any atom is 0.164 e. The summed E-state index contributed by atoms with van der Waals surface area (Å²) in [5.74, 6) is 0. The van der Waals surface area contributed by atoms with Crippen molar-refractivity contribution >= 4 is 17.6 Å². The third-order valence-corrected chi connectivity index (χ3v) is 4.20. The van der Waals surface area contributed by atoms with Crippen LogP contribution < -0.4 is 5.32 Å². The minimum absolute atomic E-state index is 0.301. The van der Waals surface area contributed by atoms with Crippen molar-refractivity contribution in [1.82, 2.24) is 19.6 Å². The molecule has 3 aromatic rings. The first kappa shape index (κ1) is 14.8. The zero-order valence-corrected chi connectivity index (χ0v) is 13.1. The number of aromatic nitrogens is 4. The number of rotatable bonds is 4. The van der Waals surface area contributed by atoms with Crippen molar-refractivity contribution in [1.29, 1.82) is 0 Å². The third-order valence-electron chi connectivity index (χ3n) is 4.20. The van der Waals surface area contributed by atoms with Crippen molar-refractivity contribution in [3.63, 3.8) is 0 Å². The number of hydrogen-bond donors (Lipinski definition) is 1. The number of fused-ring (bicyclic) bond motifs is 1. The lowest BCUT2D eigenvalue weighted by Crippen LogP contribution is -2.28. The van der Waals surface area contributed by atoms with E-state index in [2.05, 4.69) is 20.4 Å². The van der Waals surface area contributed by atoms with Crippen LogP contribution in [0.4, 0.5) is 5.69 Å². The molecule has 3 aromatic heterocycles. The fraction of sp³-hybridized carbons (Fsp3) is 0.294. The largest absolute Gasteiger partial charge is 0.381 e. The highest BCUT2D eigenvalue weighted by Gasteiger charge is 2.17. The molecule has 0 spiro atoms. The first-order valence-electron chi connectivity index (χ1n) is 7.93. The quantitative estimate of drug-likeness (QED) is 0.741. The summed E-state index contributed by atoms with van der Waals surface area (Å²) < 4.78 is 7.09. The number of hydrogen-bond acceptors (Lipinski definition) is 6. The van der Waals surface area contributed by atoms with Crippen molar-refractivity contribution in [2.45, 2.75) is 18.9 Å². The van der Waals surface area contributed by atoms with Gasteiger partial charge in [-0.3, -0.25) is 9.78 Å². The van der Waals surface area contributed by atoms with Gasteiger partial charge in [0.2, 0.25) is 0 Å². The molecule has 7 nitrogen and oxygen atoms in total. The zero-order chi connectivity index (χ0) is 16.4. The first-order valence-corrected chi connectivity index (χ1v) is 7.93. The maximum absolute atomic E-state index is 11.3. The molecule has 1 aliphatic rings. The Hall–Kier alpha value is -2.80. The van der Waals surface area contributed by atoms with E-state index in [9.17, 15) is 4.79 Å². The summed E-state index contributed by atoms with van der Waals surface area (Å²) in [5.41, 5.74) is 3.65. The second-order valence-electron chi connectivity index (χ2n) is 5.75. The molecule has 0 aliphatic carbocycles.